The molecule has 4 heteroatoms. The van der Waals surface area contributed by atoms with Crippen LogP contribution in [0.3, 0.4) is 0 Å². The van der Waals surface area contributed by atoms with Crippen molar-refractivity contribution in [2.45, 2.75) is 32.1 Å². The summed E-state index contributed by atoms with van der Waals surface area (Å²) < 4.78 is 0. The van der Waals surface area contributed by atoms with E-state index in [-0.39, 0.29) is 16.9 Å². The Morgan fingerprint density at radius 1 is 1.33 bits per heavy atom. The molecule has 0 unspecified atom stereocenters. The van der Waals surface area contributed by atoms with Gasteiger partial charge in [-0.25, -0.2) is 0 Å². The van der Waals surface area contributed by atoms with Gasteiger partial charge in [-0.2, -0.15) is 0 Å². The summed E-state index contributed by atoms with van der Waals surface area (Å²) in [7, 11) is 0. The molecule has 3 nitrogen and oxygen atoms in total. The van der Waals surface area contributed by atoms with Crippen LogP contribution in [0.2, 0.25) is 0 Å². The van der Waals surface area contributed by atoms with E-state index in [1.165, 1.54) is 6.42 Å². The first kappa shape index (κ1) is 9.45. The van der Waals surface area contributed by atoms with Crippen molar-refractivity contribution in [3.8, 4) is 0 Å². The van der Waals surface area contributed by atoms with Gasteiger partial charge in [-0.3, -0.25) is 4.79 Å². The van der Waals surface area contributed by atoms with E-state index in [9.17, 15) is 4.79 Å². The number of nitrogens with one attached hydrogen (secondary N) is 1. The molecule has 1 rings (SSSR count). The molecule has 68 valence electrons. The third kappa shape index (κ3) is 2.77. The summed E-state index contributed by atoms with van der Waals surface area (Å²) in [6.07, 6.45) is 5.50. The summed E-state index contributed by atoms with van der Waals surface area (Å²) in [4.78, 5) is 11.3. The van der Waals surface area contributed by atoms with Crippen molar-refractivity contribution in [2.75, 3.05) is 0 Å². The van der Waals surface area contributed by atoms with Crippen LogP contribution in [0, 0.1) is 5.92 Å². The molecule has 0 aromatic rings. The first-order valence-corrected chi connectivity index (χ1v) is 4.71. The van der Waals surface area contributed by atoms with Crippen LogP contribution in [-0.4, -0.2) is 11.0 Å². The molecule has 0 spiro atoms. The molecule has 0 saturated heterocycles. The number of nitrogens with two attached hydrogens (primary N) is 1. The van der Waals surface area contributed by atoms with E-state index >= 15 is 0 Å². The van der Waals surface area contributed by atoms with Gasteiger partial charge >= 0.3 is 0 Å². The van der Waals surface area contributed by atoms with Crippen LogP contribution in [-0.2, 0) is 4.79 Å². The van der Waals surface area contributed by atoms with Gasteiger partial charge in [0.2, 0.25) is 5.91 Å². The predicted octanol–water partition coefficient (Wildman–Crippen LogP) is 0.926. The molecule has 1 amide bonds. The second-order valence-electron chi connectivity index (χ2n) is 3.19. The molecule has 1 aliphatic carbocycles. The zero-order valence-electron chi connectivity index (χ0n) is 7.01. The van der Waals surface area contributed by atoms with E-state index in [1.54, 1.807) is 0 Å². The summed E-state index contributed by atoms with van der Waals surface area (Å²) in [5.74, 6) is 0.141. The maximum Gasteiger partial charge on any atom is 0.229 e. The monoisotopic (exact) mass is 186 g/mol. The van der Waals surface area contributed by atoms with Crippen molar-refractivity contribution >= 4 is 23.2 Å². The molecule has 3 N–H and O–H groups in total. The summed E-state index contributed by atoms with van der Waals surface area (Å²) in [5, 5.41) is 2.57. The Kier molecular flexibility index (Phi) is 3.47. The number of carbonyl (C=O) groups excluding carboxylic acids is 1. The van der Waals surface area contributed by atoms with E-state index in [0.717, 1.165) is 25.7 Å². The lowest BCUT2D eigenvalue weighted by Crippen LogP contribution is -2.39. The van der Waals surface area contributed by atoms with Gasteiger partial charge in [0, 0.05) is 5.92 Å². The highest BCUT2D eigenvalue weighted by atomic mass is 32.1. The average molecular weight is 186 g/mol. The number of rotatable bonds is 1. The van der Waals surface area contributed by atoms with Crippen LogP contribution in [0.1, 0.15) is 32.1 Å². The summed E-state index contributed by atoms with van der Waals surface area (Å²) in [6, 6.07) is 0. The molecule has 0 heterocycles. The fourth-order valence-corrected chi connectivity index (χ4v) is 1.69. The smallest absolute Gasteiger partial charge is 0.229 e. The molecule has 0 aliphatic heterocycles. The Morgan fingerprint density at radius 2 is 1.92 bits per heavy atom. The second-order valence-corrected chi connectivity index (χ2v) is 3.63. The van der Waals surface area contributed by atoms with E-state index in [0.29, 0.717) is 0 Å². The third-order valence-corrected chi connectivity index (χ3v) is 2.32. The number of thiocarbonyl (C=S) groups is 1. The van der Waals surface area contributed by atoms with E-state index in [1.807, 2.05) is 0 Å². The fraction of sp³-hybridized carbons (Fsp3) is 0.750. The quantitative estimate of drug-likeness (QED) is 0.599. The lowest BCUT2D eigenvalue weighted by Gasteiger charge is -2.19. The lowest BCUT2D eigenvalue weighted by atomic mass is 9.89. The number of carbonyl (C=O) groups is 1. The third-order valence-electron chi connectivity index (χ3n) is 2.22. The topological polar surface area (TPSA) is 55.1 Å². The van der Waals surface area contributed by atoms with Crippen molar-refractivity contribution in [3.05, 3.63) is 0 Å². The van der Waals surface area contributed by atoms with Crippen LogP contribution in [0.15, 0.2) is 0 Å². The van der Waals surface area contributed by atoms with Crippen LogP contribution < -0.4 is 11.1 Å². The van der Waals surface area contributed by atoms with Gasteiger partial charge in [-0.15, -0.1) is 0 Å². The SMILES string of the molecule is NC(=S)NC(=O)C1CCCCC1. The van der Waals surface area contributed by atoms with Gasteiger partial charge in [0.25, 0.3) is 0 Å². The molecule has 0 aromatic heterocycles. The standard InChI is InChI=1S/C8H14N2OS/c9-8(12)10-7(11)6-4-2-1-3-5-6/h6H,1-5H2,(H3,9,10,11,12). The molecule has 1 saturated carbocycles. The van der Waals surface area contributed by atoms with Gasteiger partial charge < -0.3 is 11.1 Å². The molecule has 0 bridgehead atoms. The van der Waals surface area contributed by atoms with E-state index in [4.69, 9.17) is 5.73 Å². The molecule has 1 fully saturated rings. The fourth-order valence-electron chi connectivity index (χ4n) is 1.59. The Bertz CT molecular complexity index is 187. The minimum atomic E-state index is 0.00204. The Morgan fingerprint density at radius 3 is 2.42 bits per heavy atom. The highest BCUT2D eigenvalue weighted by molar-refractivity contribution is 7.80. The van der Waals surface area contributed by atoms with Crippen molar-refractivity contribution in [1.82, 2.24) is 5.32 Å². The molecule has 0 aromatic carbocycles. The second kappa shape index (κ2) is 4.40. The summed E-state index contributed by atoms with van der Waals surface area (Å²) in [5.41, 5.74) is 5.20. The minimum Gasteiger partial charge on any atom is -0.376 e. The van der Waals surface area contributed by atoms with Gasteiger partial charge in [0.05, 0.1) is 0 Å². The van der Waals surface area contributed by atoms with Gasteiger partial charge in [0.1, 0.15) is 0 Å². The summed E-state index contributed by atoms with van der Waals surface area (Å²) in [6.45, 7) is 0. The molecule has 0 radical (unpaired) electrons. The molecule has 0 atom stereocenters. The van der Waals surface area contributed by atoms with Crippen LogP contribution in [0.25, 0.3) is 0 Å². The maximum absolute atomic E-state index is 11.3. The number of hydrogen-bond acceptors (Lipinski definition) is 2. The molecular weight excluding hydrogens is 172 g/mol. The first-order valence-electron chi connectivity index (χ1n) is 4.30. The normalized spacial score (nSPS) is 18.7. The van der Waals surface area contributed by atoms with Gasteiger partial charge in [0.15, 0.2) is 5.11 Å². The lowest BCUT2D eigenvalue weighted by molar-refractivity contribution is -0.124. The Balaban J connectivity index is 2.34. The van der Waals surface area contributed by atoms with Crippen LogP contribution in [0.5, 0.6) is 0 Å². The minimum absolute atomic E-state index is 0.00204. The van der Waals surface area contributed by atoms with Crippen LogP contribution >= 0.6 is 12.2 Å². The van der Waals surface area contributed by atoms with E-state index < -0.39 is 0 Å². The molecule has 12 heavy (non-hydrogen) atoms. The van der Waals surface area contributed by atoms with Gasteiger partial charge in [-0.05, 0) is 25.1 Å². The predicted molar refractivity (Wildman–Crippen MR) is 51.5 cm³/mol. The molecule has 1 aliphatic rings. The number of amides is 1. The first-order chi connectivity index (χ1) is 5.70. The summed E-state index contributed by atoms with van der Waals surface area (Å²) >= 11 is 4.59. The van der Waals surface area contributed by atoms with Gasteiger partial charge in [-0.1, -0.05) is 19.3 Å². The van der Waals surface area contributed by atoms with Crippen molar-refractivity contribution in [2.24, 2.45) is 11.7 Å². The Labute approximate surface area is 77.7 Å². The van der Waals surface area contributed by atoms with Crippen molar-refractivity contribution < 1.29 is 4.79 Å². The highest BCUT2D eigenvalue weighted by Gasteiger charge is 2.20. The Hall–Kier alpha value is -0.640. The van der Waals surface area contributed by atoms with E-state index in [2.05, 4.69) is 17.5 Å². The largest absolute Gasteiger partial charge is 0.376 e. The maximum atomic E-state index is 11.3. The highest BCUT2D eigenvalue weighted by Crippen LogP contribution is 2.23. The zero-order chi connectivity index (χ0) is 8.97. The van der Waals surface area contributed by atoms with Crippen molar-refractivity contribution in [1.29, 1.82) is 0 Å². The number of hydrogen-bond donors (Lipinski definition) is 2. The average Bonchev–Trinajstić information content (AvgIpc) is 2.05. The zero-order valence-corrected chi connectivity index (χ0v) is 7.82. The van der Waals surface area contributed by atoms with Crippen LogP contribution in [0.4, 0.5) is 0 Å². The van der Waals surface area contributed by atoms with Crippen molar-refractivity contribution in [3.63, 3.8) is 0 Å². The molecular formula is C8H14N2OS.